The third kappa shape index (κ3) is 5.21. The number of hydrogen-bond donors (Lipinski definition) is 1. The molecule has 0 fully saturated rings. The number of carbonyl (C=O) groups excluding carboxylic acids is 1. The molecule has 1 amide bonds. The van der Waals surface area contributed by atoms with E-state index in [2.05, 4.69) is 12.2 Å². The minimum Gasteiger partial charge on any atom is -0.494 e. The lowest BCUT2D eigenvalue weighted by atomic mass is 10.2. The maximum atomic E-state index is 11.9. The lowest BCUT2D eigenvalue weighted by molar-refractivity contribution is 0.0952. The summed E-state index contributed by atoms with van der Waals surface area (Å²) in [7, 11) is 0. The van der Waals surface area contributed by atoms with Gasteiger partial charge in [-0.1, -0.05) is 32.3 Å². The molecule has 0 aliphatic carbocycles. The number of carbonyl (C=O) groups is 1. The van der Waals surface area contributed by atoms with E-state index in [0.717, 1.165) is 18.7 Å². The molecule has 0 aliphatic rings. The van der Waals surface area contributed by atoms with Crippen molar-refractivity contribution in [2.45, 2.75) is 39.5 Å². The Balaban J connectivity index is 2.38. The number of ether oxygens (including phenoxy) is 1. The minimum atomic E-state index is -0.0203. The largest absolute Gasteiger partial charge is 0.494 e. The quantitative estimate of drug-likeness (QED) is 0.717. The number of hydrogen-bond acceptors (Lipinski definition) is 2. The summed E-state index contributed by atoms with van der Waals surface area (Å²) in [6, 6.07) is 7.30. The first-order valence-electron chi connectivity index (χ1n) is 6.79. The predicted octanol–water partition coefficient (Wildman–Crippen LogP) is 3.40. The van der Waals surface area contributed by atoms with Gasteiger partial charge in [-0.25, -0.2) is 0 Å². The van der Waals surface area contributed by atoms with E-state index in [4.69, 9.17) is 4.74 Å². The highest BCUT2D eigenvalue weighted by molar-refractivity contribution is 5.94. The zero-order chi connectivity index (χ0) is 13.2. The normalized spacial score (nSPS) is 10.1. The van der Waals surface area contributed by atoms with Crippen LogP contribution in [0.25, 0.3) is 0 Å². The van der Waals surface area contributed by atoms with E-state index in [1.165, 1.54) is 19.3 Å². The Kier molecular flexibility index (Phi) is 6.92. The molecule has 3 heteroatoms. The van der Waals surface area contributed by atoms with Crippen molar-refractivity contribution in [2.24, 2.45) is 0 Å². The molecule has 1 aromatic carbocycles. The second kappa shape index (κ2) is 8.56. The summed E-state index contributed by atoms with van der Waals surface area (Å²) in [5, 5.41) is 2.93. The van der Waals surface area contributed by atoms with Gasteiger partial charge in [0.05, 0.1) is 6.61 Å². The van der Waals surface area contributed by atoms with E-state index in [0.29, 0.717) is 12.2 Å². The average molecular weight is 249 g/mol. The Bertz CT molecular complexity index is 363. The molecular weight excluding hydrogens is 226 g/mol. The molecule has 3 nitrogen and oxygen atoms in total. The van der Waals surface area contributed by atoms with Gasteiger partial charge in [-0.3, -0.25) is 4.79 Å². The summed E-state index contributed by atoms with van der Waals surface area (Å²) in [5.41, 5.74) is 0.663. The van der Waals surface area contributed by atoms with E-state index in [1.807, 2.05) is 25.1 Å². The van der Waals surface area contributed by atoms with Gasteiger partial charge in [0.2, 0.25) is 0 Å². The van der Waals surface area contributed by atoms with Gasteiger partial charge in [-0.2, -0.15) is 0 Å². The lowest BCUT2D eigenvalue weighted by Gasteiger charge is -2.07. The average Bonchev–Trinajstić information content (AvgIpc) is 2.39. The van der Waals surface area contributed by atoms with Gasteiger partial charge in [0, 0.05) is 12.1 Å². The van der Waals surface area contributed by atoms with Crippen molar-refractivity contribution in [3.05, 3.63) is 29.8 Å². The third-order valence-corrected chi connectivity index (χ3v) is 2.72. The third-order valence-electron chi connectivity index (χ3n) is 2.72. The molecule has 0 unspecified atom stereocenters. The SMILES string of the molecule is CCCCCCNC(=O)c1cccc(OCC)c1. The van der Waals surface area contributed by atoms with Gasteiger partial charge in [0.1, 0.15) is 5.75 Å². The molecule has 0 atom stereocenters. The monoisotopic (exact) mass is 249 g/mol. The molecular formula is C15H23NO2. The van der Waals surface area contributed by atoms with Gasteiger partial charge in [0.25, 0.3) is 5.91 Å². The van der Waals surface area contributed by atoms with E-state index in [9.17, 15) is 4.79 Å². The lowest BCUT2D eigenvalue weighted by Crippen LogP contribution is -2.24. The van der Waals surface area contributed by atoms with Crippen LogP contribution in [0.4, 0.5) is 0 Å². The summed E-state index contributed by atoms with van der Waals surface area (Å²) in [4.78, 5) is 11.9. The van der Waals surface area contributed by atoms with Crippen LogP contribution < -0.4 is 10.1 Å². The fourth-order valence-electron chi connectivity index (χ4n) is 1.75. The van der Waals surface area contributed by atoms with Crippen LogP contribution in [-0.2, 0) is 0 Å². The van der Waals surface area contributed by atoms with E-state index in [-0.39, 0.29) is 5.91 Å². The molecule has 0 bridgehead atoms. The van der Waals surface area contributed by atoms with Gasteiger partial charge in [0.15, 0.2) is 0 Å². The Morgan fingerprint density at radius 1 is 1.22 bits per heavy atom. The highest BCUT2D eigenvalue weighted by Crippen LogP contribution is 2.13. The topological polar surface area (TPSA) is 38.3 Å². The van der Waals surface area contributed by atoms with Crippen molar-refractivity contribution in [2.75, 3.05) is 13.2 Å². The summed E-state index contributed by atoms with van der Waals surface area (Å²) in [6.07, 6.45) is 4.67. The summed E-state index contributed by atoms with van der Waals surface area (Å²) in [6.45, 7) is 5.47. The molecule has 1 N–H and O–H groups in total. The van der Waals surface area contributed by atoms with Crippen molar-refractivity contribution in [1.29, 1.82) is 0 Å². The van der Waals surface area contributed by atoms with Gasteiger partial charge < -0.3 is 10.1 Å². The van der Waals surface area contributed by atoms with Crippen LogP contribution in [0.1, 0.15) is 49.9 Å². The predicted molar refractivity (Wildman–Crippen MR) is 74.1 cm³/mol. The van der Waals surface area contributed by atoms with Gasteiger partial charge >= 0.3 is 0 Å². The summed E-state index contributed by atoms with van der Waals surface area (Å²) in [5.74, 6) is 0.726. The fraction of sp³-hybridized carbons (Fsp3) is 0.533. The minimum absolute atomic E-state index is 0.0203. The summed E-state index contributed by atoms with van der Waals surface area (Å²) < 4.78 is 5.37. The van der Waals surface area contributed by atoms with E-state index < -0.39 is 0 Å². The Labute approximate surface area is 110 Å². The number of benzene rings is 1. The molecule has 0 saturated carbocycles. The first kappa shape index (κ1) is 14.6. The van der Waals surface area contributed by atoms with E-state index in [1.54, 1.807) is 6.07 Å². The highest BCUT2D eigenvalue weighted by Gasteiger charge is 2.05. The molecule has 18 heavy (non-hydrogen) atoms. The molecule has 1 aromatic rings. The second-order valence-corrected chi connectivity index (χ2v) is 4.28. The summed E-state index contributed by atoms with van der Waals surface area (Å²) >= 11 is 0. The smallest absolute Gasteiger partial charge is 0.251 e. The highest BCUT2D eigenvalue weighted by atomic mass is 16.5. The zero-order valence-corrected chi connectivity index (χ0v) is 11.4. The van der Waals surface area contributed by atoms with Crippen LogP contribution in [0.15, 0.2) is 24.3 Å². The molecule has 0 spiro atoms. The van der Waals surface area contributed by atoms with Crippen LogP contribution in [0.5, 0.6) is 5.75 Å². The fourth-order valence-corrected chi connectivity index (χ4v) is 1.75. The maximum absolute atomic E-state index is 11.9. The number of rotatable bonds is 8. The van der Waals surface area contributed by atoms with Crippen molar-refractivity contribution < 1.29 is 9.53 Å². The molecule has 100 valence electrons. The molecule has 0 aromatic heterocycles. The van der Waals surface area contributed by atoms with Crippen LogP contribution in [-0.4, -0.2) is 19.1 Å². The van der Waals surface area contributed by atoms with Crippen LogP contribution in [0.2, 0.25) is 0 Å². The number of unbranched alkanes of at least 4 members (excludes halogenated alkanes) is 3. The number of nitrogens with one attached hydrogen (secondary N) is 1. The van der Waals surface area contributed by atoms with E-state index >= 15 is 0 Å². The van der Waals surface area contributed by atoms with Crippen LogP contribution in [0, 0.1) is 0 Å². The molecule has 0 saturated heterocycles. The molecule has 0 heterocycles. The first-order chi connectivity index (χ1) is 8.77. The standard InChI is InChI=1S/C15H23NO2/c1-3-5-6-7-11-16-15(17)13-9-8-10-14(12-13)18-4-2/h8-10,12H,3-7,11H2,1-2H3,(H,16,17). The Hall–Kier alpha value is -1.51. The zero-order valence-electron chi connectivity index (χ0n) is 11.4. The molecule has 0 aliphatic heterocycles. The van der Waals surface area contributed by atoms with Crippen molar-refractivity contribution in [3.63, 3.8) is 0 Å². The van der Waals surface area contributed by atoms with Crippen molar-refractivity contribution in [3.8, 4) is 5.75 Å². The number of amides is 1. The van der Waals surface area contributed by atoms with Crippen LogP contribution >= 0.6 is 0 Å². The first-order valence-corrected chi connectivity index (χ1v) is 6.79. The van der Waals surface area contributed by atoms with Crippen molar-refractivity contribution in [1.82, 2.24) is 5.32 Å². The van der Waals surface area contributed by atoms with Gasteiger partial charge in [-0.05, 0) is 31.5 Å². The molecule has 0 radical (unpaired) electrons. The Morgan fingerprint density at radius 2 is 2.06 bits per heavy atom. The van der Waals surface area contributed by atoms with Crippen LogP contribution in [0.3, 0.4) is 0 Å². The Morgan fingerprint density at radius 3 is 2.78 bits per heavy atom. The second-order valence-electron chi connectivity index (χ2n) is 4.28. The van der Waals surface area contributed by atoms with Gasteiger partial charge in [-0.15, -0.1) is 0 Å². The van der Waals surface area contributed by atoms with Crippen molar-refractivity contribution >= 4 is 5.91 Å². The maximum Gasteiger partial charge on any atom is 0.251 e. The molecule has 1 rings (SSSR count).